The normalized spacial score (nSPS) is 22.1. The summed E-state index contributed by atoms with van der Waals surface area (Å²) in [5.74, 6) is 0. The van der Waals surface area contributed by atoms with E-state index in [2.05, 4.69) is 4.99 Å². The van der Waals surface area contributed by atoms with Gasteiger partial charge in [0.15, 0.2) is 5.04 Å². The summed E-state index contributed by atoms with van der Waals surface area (Å²) < 4.78 is 21.2. The van der Waals surface area contributed by atoms with Crippen LogP contribution in [0.5, 0.6) is 0 Å². The smallest absolute Gasteiger partial charge is 0.216 e. The minimum absolute atomic E-state index is 0.178. The van der Waals surface area contributed by atoms with E-state index < -0.39 is 16.4 Å². The lowest BCUT2D eigenvalue weighted by Crippen LogP contribution is -2.12. The molecule has 0 atom stereocenters. The molecule has 0 aromatic rings. The van der Waals surface area contributed by atoms with Crippen molar-refractivity contribution < 1.29 is 13.5 Å². The molecule has 1 aliphatic rings. The first kappa shape index (κ1) is 6.44. The van der Waals surface area contributed by atoms with Crippen molar-refractivity contribution >= 4 is 14.9 Å². The van der Waals surface area contributed by atoms with Gasteiger partial charge in [0, 0.05) is 6.20 Å². The molecule has 4 nitrogen and oxygen atoms in total. The molecule has 0 aromatic heterocycles. The summed E-state index contributed by atoms with van der Waals surface area (Å²) in [7, 11) is -3.32. The fourth-order valence-electron chi connectivity index (χ4n) is 0.476. The number of aliphatic hydroxyl groups is 1. The highest BCUT2D eigenvalue weighted by atomic mass is 32.2. The van der Waals surface area contributed by atoms with E-state index in [-0.39, 0.29) is 5.04 Å². The molecule has 1 heterocycles. The molecule has 0 unspecified atom stereocenters. The SMILES string of the molecule is O=S1(=O)C=CN=C1CO. The van der Waals surface area contributed by atoms with E-state index >= 15 is 0 Å². The van der Waals surface area contributed by atoms with Gasteiger partial charge in [-0.25, -0.2) is 13.4 Å². The molecule has 0 radical (unpaired) electrons. The number of aliphatic imine (C=N–C) groups is 1. The summed E-state index contributed by atoms with van der Waals surface area (Å²) in [5.41, 5.74) is 0. The summed E-state index contributed by atoms with van der Waals surface area (Å²) in [4.78, 5) is 3.41. The zero-order chi connectivity index (χ0) is 6.91. The van der Waals surface area contributed by atoms with Crippen LogP contribution in [0, 0.1) is 0 Å². The Morgan fingerprint density at radius 1 is 1.67 bits per heavy atom. The zero-order valence-electron chi connectivity index (χ0n) is 4.48. The van der Waals surface area contributed by atoms with E-state index in [4.69, 9.17) is 5.11 Å². The van der Waals surface area contributed by atoms with E-state index in [1.807, 2.05) is 0 Å². The highest BCUT2D eigenvalue weighted by Gasteiger charge is 2.17. The third-order valence-corrected chi connectivity index (χ3v) is 2.29. The van der Waals surface area contributed by atoms with Gasteiger partial charge in [-0.2, -0.15) is 0 Å². The molecule has 0 fully saturated rings. The maximum atomic E-state index is 10.6. The molecule has 0 aromatic carbocycles. The molecule has 0 spiro atoms. The molecule has 50 valence electrons. The second kappa shape index (κ2) is 1.93. The lowest BCUT2D eigenvalue weighted by atomic mass is 10.8. The minimum Gasteiger partial charge on any atom is -0.389 e. The van der Waals surface area contributed by atoms with E-state index in [1.54, 1.807) is 0 Å². The fraction of sp³-hybridized carbons (Fsp3) is 0.250. The highest BCUT2D eigenvalue weighted by Crippen LogP contribution is 2.04. The molecule has 9 heavy (non-hydrogen) atoms. The van der Waals surface area contributed by atoms with E-state index in [1.165, 1.54) is 0 Å². The number of hydrogen-bond acceptors (Lipinski definition) is 4. The van der Waals surface area contributed by atoms with Gasteiger partial charge in [0.05, 0.1) is 12.0 Å². The lowest BCUT2D eigenvalue weighted by molar-refractivity contribution is 0.359. The van der Waals surface area contributed by atoms with Gasteiger partial charge in [0.1, 0.15) is 0 Å². The van der Waals surface area contributed by atoms with Crippen molar-refractivity contribution in [1.82, 2.24) is 0 Å². The van der Waals surface area contributed by atoms with Gasteiger partial charge in [-0.3, -0.25) is 0 Å². The van der Waals surface area contributed by atoms with Crippen LogP contribution in [-0.4, -0.2) is 25.2 Å². The van der Waals surface area contributed by atoms with Gasteiger partial charge in [-0.05, 0) is 0 Å². The van der Waals surface area contributed by atoms with Crippen LogP contribution in [0.1, 0.15) is 0 Å². The second-order valence-corrected chi connectivity index (χ2v) is 3.34. The van der Waals surface area contributed by atoms with Gasteiger partial charge < -0.3 is 5.11 Å². The Bertz CT molecular complexity index is 262. The largest absolute Gasteiger partial charge is 0.389 e. The second-order valence-electron chi connectivity index (χ2n) is 1.51. The van der Waals surface area contributed by atoms with Crippen LogP contribution in [0.3, 0.4) is 0 Å². The average molecular weight is 147 g/mol. The molecule has 0 amide bonds. The molecule has 0 bridgehead atoms. The first-order valence-electron chi connectivity index (χ1n) is 2.26. The summed E-state index contributed by atoms with van der Waals surface area (Å²) in [5, 5.41) is 9.13. The Morgan fingerprint density at radius 2 is 2.33 bits per heavy atom. The van der Waals surface area contributed by atoms with Crippen molar-refractivity contribution in [3.8, 4) is 0 Å². The van der Waals surface area contributed by atoms with Crippen LogP contribution >= 0.6 is 0 Å². The molecular formula is C4H5NO3S. The summed E-state index contributed by atoms with van der Waals surface area (Å²) in [6.07, 6.45) is 1.15. The van der Waals surface area contributed by atoms with E-state index in [0.29, 0.717) is 0 Å². The Labute approximate surface area is 52.5 Å². The van der Waals surface area contributed by atoms with Crippen molar-refractivity contribution in [3.05, 3.63) is 11.6 Å². The topological polar surface area (TPSA) is 66.7 Å². The maximum absolute atomic E-state index is 10.6. The van der Waals surface area contributed by atoms with Crippen molar-refractivity contribution in [3.63, 3.8) is 0 Å². The van der Waals surface area contributed by atoms with Gasteiger partial charge in [0.25, 0.3) is 0 Å². The number of hydrogen-bond donors (Lipinski definition) is 1. The third-order valence-electron chi connectivity index (χ3n) is 0.922. The molecule has 0 aliphatic carbocycles. The number of aliphatic hydroxyl groups excluding tert-OH is 1. The summed E-state index contributed by atoms with van der Waals surface area (Å²) in [6.45, 7) is -0.519. The van der Waals surface area contributed by atoms with Gasteiger partial charge in [-0.15, -0.1) is 0 Å². The van der Waals surface area contributed by atoms with Crippen LogP contribution in [-0.2, 0) is 9.84 Å². The fourth-order valence-corrected chi connectivity index (χ4v) is 1.24. The van der Waals surface area contributed by atoms with E-state index in [9.17, 15) is 8.42 Å². The number of sulfone groups is 1. The van der Waals surface area contributed by atoms with Crippen molar-refractivity contribution in [2.24, 2.45) is 4.99 Å². The zero-order valence-corrected chi connectivity index (χ0v) is 5.30. The Kier molecular flexibility index (Phi) is 1.38. The van der Waals surface area contributed by atoms with Crippen LogP contribution in [0.25, 0.3) is 0 Å². The first-order valence-corrected chi connectivity index (χ1v) is 3.80. The Morgan fingerprint density at radius 3 is 2.56 bits per heavy atom. The van der Waals surface area contributed by atoms with Gasteiger partial charge >= 0.3 is 0 Å². The highest BCUT2D eigenvalue weighted by molar-refractivity contribution is 8.09. The molecule has 1 aliphatic heterocycles. The van der Waals surface area contributed by atoms with E-state index in [0.717, 1.165) is 11.6 Å². The van der Waals surface area contributed by atoms with Gasteiger partial charge in [0.2, 0.25) is 9.84 Å². The first-order chi connectivity index (χ1) is 4.17. The molecule has 0 saturated heterocycles. The van der Waals surface area contributed by atoms with Crippen molar-refractivity contribution in [1.29, 1.82) is 0 Å². The predicted octanol–water partition coefficient (Wildman–Crippen LogP) is -0.723. The van der Waals surface area contributed by atoms with Crippen molar-refractivity contribution in [2.75, 3.05) is 6.61 Å². The Hall–Kier alpha value is -0.680. The lowest BCUT2D eigenvalue weighted by Gasteiger charge is -1.89. The van der Waals surface area contributed by atoms with Crippen LogP contribution in [0.4, 0.5) is 0 Å². The molecule has 0 saturated carbocycles. The molecular weight excluding hydrogens is 142 g/mol. The number of nitrogens with zero attached hydrogens (tertiary/aromatic N) is 1. The average Bonchev–Trinajstić information content (AvgIpc) is 2.08. The molecule has 1 N–H and O–H groups in total. The van der Waals surface area contributed by atoms with Crippen LogP contribution in [0.15, 0.2) is 16.6 Å². The minimum atomic E-state index is -3.32. The van der Waals surface area contributed by atoms with Crippen LogP contribution < -0.4 is 0 Å². The standard InChI is InChI=1S/C4H5NO3S/c6-3-4-5-1-2-9(4,7)8/h1-2,6H,3H2. The van der Waals surface area contributed by atoms with Crippen LogP contribution in [0.2, 0.25) is 0 Å². The predicted molar refractivity (Wildman–Crippen MR) is 32.6 cm³/mol. The maximum Gasteiger partial charge on any atom is 0.216 e. The third kappa shape index (κ3) is 1.01. The molecule has 5 heteroatoms. The number of rotatable bonds is 1. The molecule has 1 rings (SSSR count). The van der Waals surface area contributed by atoms with Crippen molar-refractivity contribution in [2.45, 2.75) is 0 Å². The quantitative estimate of drug-likeness (QED) is 0.532. The summed E-state index contributed by atoms with van der Waals surface area (Å²) >= 11 is 0. The summed E-state index contributed by atoms with van der Waals surface area (Å²) in [6, 6.07) is 0. The van der Waals surface area contributed by atoms with Gasteiger partial charge in [-0.1, -0.05) is 0 Å². The monoisotopic (exact) mass is 147 g/mol. The Balaban J connectivity index is 3.07.